The Bertz CT molecular complexity index is 901. The summed E-state index contributed by atoms with van der Waals surface area (Å²) in [5.41, 5.74) is 0.936. The fourth-order valence-electron chi connectivity index (χ4n) is 3.68. The van der Waals surface area contributed by atoms with Crippen molar-refractivity contribution in [3.63, 3.8) is 0 Å². The summed E-state index contributed by atoms with van der Waals surface area (Å²) in [6, 6.07) is 5.19. The van der Waals surface area contributed by atoms with Gasteiger partial charge >= 0.3 is 6.03 Å². The molecule has 1 saturated heterocycles. The smallest absolute Gasteiger partial charge is 0.324 e. The molecule has 0 aromatic heterocycles. The molecule has 31 heavy (non-hydrogen) atoms. The van der Waals surface area contributed by atoms with Gasteiger partial charge in [0.15, 0.2) is 9.84 Å². The van der Waals surface area contributed by atoms with Gasteiger partial charge in [0.2, 0.25) is 5.91 Å². The Morgan fingerprint density at radius 3 is 2.65 bits per heavy atom. The van der Waals surface area contributed by atoms with Crippen molar-refractivity contribution in [3.8, 4) is 5.75 Å². The number of amides is 3. The van der Waals surface area contributed by atoms with Crippen molar-refractivity contribution in [2.75, 3.05) is 31.2 Å². The fraction of sp³-hybridized carbons (Fsp3) is 0.636. The van der Waals surface area contributed by atoms with E-state index < -0.39 is 9.84 Å². The van der Waals surface area contributed by atoms with Crippen molar-refractivity contribution < 1.29 is 22.7 Å². The predicted octanol–water partition coefficient (Wildman–Crippen LogP) is 3.76. The van der Waals surface area contributed by atoms with Crippen LogP contribution in [0.4, 0.5) is 4.79 Å². The van der Waals surface area contributed by atoms with Crippen molar-refractivity contribution >= 4 is 33.4 Å². The van der Waals surface area contributed by atoms with Crippen LogP contribution in [0.15, 0.2) is 18.2 Å². The molecule has 0 spiro atoms. The second kappa shape index (κ2) is 10.7. The first-order valence-corrected chi connectivity index (χ1v) is 13.2. The molecule has 1 heterocycles. The molecule has 3 rings (SSSR count). The lowest BCUT2D eigenvalue weighted by Gasteiger charge is -2.18. The standard InChI is InChI=1S/C22H31ClN2O5S/c1-2-17(18-8-9-19(23)20(12-18)30-14-16-6-7-16)15-31(28,29)11-5-3-4-10-25-13-21(26)24-22(25)27/h8-9,12,16-17H,2-7,10-11,13-15H2,1H3,(H,24,26,27)/t17-/m0/s1. The number of halogens is 1. The molecule has 1 aromatic rings. The fourth-order valence-corrected chi connectivity index (χ4v) is 5.71. The van der Waals surface area contributed by atoms with Crippen LogP contribution in [0.5, 0.6) is 5.75 Å². The van der Waals surface area contributed by atoms with Gasteiger partial charge in [0.25, 0.3) is 0 Å². The minimum Gasteiger partial charge on any atom is -0.492 e. The number of rotatable bonds is 13. The Morgan fingerprint density at radius 2 is 2.00 bits per heavy atom. The third-order valence-corrected chi connectivity index (χ3v) is 7.93. The second-order valence-corrected chi connectivity index (χ2v) is 11.1. The van der Waals surface area contributed by atoms with Gasteiger partial charge in [-0.2, -0.15) is 0 Å². The Balaban J connectivity index is 1.46. The molecule has 9 heteroatoms. The number of urea groups is 1. The minimum absolute atomic E-state index is 0.0861. The number of hydrogen-bond donors (Lipinski definition) is 1. The minimum atomic E-state index is -3.22. The highest BCUT2D eigenvalue weighted by molar-refractivity contribution is 7.91. The van der Waals surface area contributed by atoms with Crippen LogP contribution < -0.4 is 10.1 Å². The molecule has 1 atom stereocenters. The predicted molar refractivity (Wildman–Crippen MR) is 120 cm³/mol. The van der Waals surface area contributed by atoms with Crippen molar-refractivity contribution in [2.45, 2.75) is 51.4 Å². The lowest BCUT2D eigenvalue weighted by molar-refractivity contribution is -0.118. The molecule has 1 aromatic carbocycles. The molecule has 2 aliphatic rings. The summed E-state index contributed by atoms with van der Waals surface area (Å²) in [6.45, 7) is 3.19. The van der Waals surface area contributed by atoms with Gasteiger partial charge in [-0.15, -0.1) is 0 Å². The van der Waals surface area contributed by atoms with Crippen LogP contribution >= 0.6 is 11.6 Å². The summed E-state index contributed by atoms with van der Waals surface area (Å²) in [5, 5.41) is 2.79. The molecular formula is C22H31ClN2O5S. The third kappa shape index (κ3) is 7.38. The normalized spacial score (nSPS) is 17.7. The summed E-state index contributed by atoms with van der Waals surface area (Å²) in [6.07, 6.45) is 4.99. The van der Waals surface area contributed by atoms with E-state index in [1.165, 1.54) is 17.7 Å². The zero-order valence-corrected chi connectivity index (χ0v) is 19.5. The number of benzene rings is 1. The highest BCUT2D eigenvalue weighted by Gasteiger charge is 2.26. The number of ether oxygens (including phenoxy) is 1. The summed E-state index contributed by atoms with van der Waals surface area (Å²) in [7, 11) is -3.22. The maximum absolute atomic E-state index is 12.7. The summed E-state index contributed by atoms with van der Waals surface area (Å²) in [5.74, 6) is 1.06. The van der Waals surface area contributed by atoms with E-state index in [1.807, 2.05) is 19.1 Å². The molecule has 172 valence electrons. The van der Waals surface area contributed by atoms with E-state index in [1.54, 1.807) is 6.07 Å². The first-order valence-electron chi connectivity index (χ1n) is 11.0. The molecule has 0 unspecified atom stereocenters. The Kier molecular flexibility index (Phi) is 8.22. The largest absolute Gasteiger partial charge is 0.492 e. The van der Waals surface area contributed by atoms with E-state index in [9.17, 15) is 18.0 Å². The molecule has 1 aliphatic carbocycles. The summed E-state index contributed by atoms with van der Waals surface area (Å²) >= 11 is 6.25. The van der Waals surface area contributed by atoms with E-state index in [4.69, 9.17) is 16.3 Å². The number of unbranched alkanes of at least 4 members (excludes halogenated alkanes) is 2. The monoisotopic (exact) mass is 470 g/mol. The van der Waals surface area contributed by atoms with Crippen LogP contribution in [-0.2, 0) is 14.6 Å². The number of nitrogens with one attached hydrogen (secondary N) is 1. The zero-order valence-electron chi connectivity index (χ0n) is 17.9. The maximum Gasteiger partial charge on any atom is 0.324 e. The molecule has 1 saturated carbocycles. The first kappa shape index (κ1) is 23.9. The Labute approximate surface area is 189 Å². The number of carbonyl (C=O) groups excluding carboxylic acids is 2. The maximum atomic E-state index is 12.7. The number of sulfone groups is 1. The number of carbonyl (C=O) groups is 2. The number of nitrogens with zero attached hydrogens (tertiary/aromatic N) is 1. The summed E-state index contributed by atoms with van der Waals surface area (Å²) < 4.78 is 31.2. The Hall–Kier alpha value is -1.80. The van der Waals surface area contributed by atoms with Crippen LogP contribution in [0.1, 0.15) is 56.9 Å². The van der Waals surface area contributed by atoms with Gasteiger partial charge in [0, 0.05) is 6.54 Å². The third-order valence-electron chi connectivity index (χ3n) is 5.80. The highest BCUT2D eigenvalue weighted by atomic mass is 35.5. The highest BCUT2D eigenvalue weighted by Crippen LogP contribution is 2.34. The lowest BCUT2D eigenvalue weighted by atomic mass is 9.98. The van der Waals surface area contributed by atoms with Crippen LogP contribution in [-0.4, -0.2) is 56.5 Å². The zero-order chi connectivity index (χ0) is 22.4. The average molecular weight is 471 g/mol. The van der Waals surface area contributed by atoms with Gasteiger partial charge in [-0.3, -0.25) is 10.1 Å². The van der Waals surface area contributed by atoms with Gasteiger partial charge in [0.05, 0.1) is 23.1 Å². The van der Waals surface area contributed by atoms with E-state index in [-0.39, 0.29) is 35.9 Å². The van der Waals surface area contributed by atoms with Crippen molar-refractivity contribution in [2.24, 2.45) is 5.92 Å². The molecule has 2 fully saturated rings. The molecular weight excluding hydrogens is 440 g/mol. The SMILES string of the molecule is CC[C@@H](CS(=O)(=O)CCCCCN1CC(=O)NC1=O)c1ccc(Cl)c(OCC2CC2)c1. The van der Waals surface area contributed by atoms with Crippen LogP contribution in [0, 0.1) is 5.92 Å². The van der Waals surface area contributed by atoms with Crippen LogP contribution in [0.2, 0.25) is 5.02 Å². The van der Waals surface area contributed by atoms with Gasteiger partial charge in [-0.1, -0.05) is 31.0 Å². The van der Waals surface area contributed by atoms with Gasteiger partial charge in [-0.05, 0) is 61.6 Å². The number of imide groups is 1. The molecule has 1 aliphatic heterocycles. The van der Waals surface area contributed by atoms with Crippen molar-refractivity contribution in [3.05, 3.63) is 28.8 Å². The molecule has 1 N–H and O–H groups in total. The Morgan fingerprint density at radius 1 is 1.23 bits per heavy atom. The molecule has 0 radical (unpaired) electrons. The van der Waals surface area contributed by atoms with Crippen molar-refractivity contribution in [1.82, 2.24) is 10.2 Å². The van der Waals surface area contributed by atoms with Crippen LogP contribution in [0.3, 0.4) is 0 Å². The van der Waals surface area contributed by atoms with Gasteiger partial charge in [-0.25, -0.2) is 13.2 Å². The quantitative estimate of drug-likeness (QED) is 0.350. The lowest BCUT2D eigenvalue weighted by Crippen LogP contribution is -2.29. The van der Waals surface area contributed by atoms with Crippen LogP contribution in [0.25, 0.3) is 0 Å². The summed E-state index contributed by atoms with van der Waals surface area (Å²) in [4.78, 5) is 24.1. The van der Waals surface area contributed by atoms with E-state index in [2.05, 4.69) is 5.32 Å². The molecule has 7 nitrogen and oxygen atoms in total. The van der Waals surface area contributed by atoms with E-state index >= 15 is 0 Å². The van der Waals surface area contributed by atoms with Gasteiger partial charge < -0.3 is 9.64 Å². The van der Waals surface area contributed by atoms with Crippen molar-refractivity contribution in [1.29, 1.82) is 0 Å². The van der Waals surface area contributed by atoms with E-state index in [0.717, 1.165) is 5.56 Å². The molecule has 3 amide bonds. The van der Waals surface area contributed by atoms with E-state index in [0.29, 0.717) is 55.5 Å². The number of hydrogen-bond acceptors (Lipinski definition) is 5. The molecule has 0 bridgehead atoms. The van der Waals surface area contributed by atoms with Gasteiger partial charge in [0.1, 0.15) is 12.3 Å². The average Bonchev–Trinajstić information content (AvgIpc) is 3.49. The first-order chi connectivity index (χ1) is 14.8. The topological polar surface area (TPSA) is 92.8 Å². The second-order valence-electron chi connectivity index (χ2n) is 8.50.